The van der Waals surface area contributed by atoms with E-state index in [0.29, 0.717) is 11.3 Å². The van der Waals surface area contributed by atoms with Gasteiger partial charge < -0.3 is 11.1 Å². The molecule has 0 spiro atoms. The molecule has 0 aliphatic rings. The quantitative estimate of drug-likeness (QED) is 0.829. The molecule has 0 saturated heterocycles. The highest BCUT2D eigenvalue weighted by Gasteiger charge is 2.07. The molecule has 0 unspecified atom stereocenters. The molecule has 4 heteroatoms. The SMILES string of the molecule is Cc1ccc(Nc2ccc(F)cc2C(N)=S)cc1. The van der Waals surface area contributed by atoms with Gasteiger partial charge in [-0.2, -0.15) is 0 Å². The highest BCUT2D eigenvalue weighted by Crippen LogP contribution is 2.22. The summed E-state index contributed by atoms with van der Waals surface area (Å²) < 4.78 is 13.2. The number of aryl methyl sites for hydroxylation is 1. The maximum atomic E-state index is 13.2. The molecule has 3 N–H and O–H groups in total. The summed E-state index contributed by atoms with van der Waals surface area (Å²) in [7, 11) is 0. The van der Waals surface area contributed by atoms with Gasteiger partial charge in [-0.15, -0.1) is 0 Å². The molecule has 0 atom stereocenters. The predicted molar refractivity (Wildman–Crippen MR) is 76.7 cm³/mol. The van der Waals surface area contributed by atoms with Crippen molar-refractivity contribution in [3.63, 3.8) is 0 Å². The van der Waals surface area contributed by atoms with E-state index in [1.807, 2.05) is 31.2 Å². The standard InChI is InChI=1S/C14H13FN2S/c1-9-2-5-11(6-3-9)17-13-7-4-10(15)8-12(13)14(16)18/h2-8,17H,1H3,(H2,16,18). The number of nitrogens with two attached hydrogens (primary N) is 1. The van der Waals surface area contributed by atoms with Crippen LogP contribution in [0, 0.1) is 12.7 Å². The molecule has 0 saturated carbocycles. The summed E-state index contributed by atoms with van der Waals surface area (Å²) >= 11 is 4.92. The average Bonchev–Trinajstić information content (AvgIpc) is 2.34. The van der Waals surface area contributed by atoms with Crippen LogP contribution < -0.4 is 11.1 Å². The molecule has 0 bridgehead atoms. The molecular weight excluding hydrogens is 247 g/mol. The minimum Gasteiger partial charge on any atom is -0.389 e. The monoisotopic (exact) mass is 260 g/mol. The van der Waals surface area contributed by atoms with Crippen molar-refractivity contribution >= 4 is 28.6 Å². The van der Waals surface area contributed by atoms with E-state index in [0.717, 1.165) is 5.69 Å². The normalized spacial score (nSPS) is 10.1. The Balaban J connectivity index is 2.34. The molecule has 0 radical (unpaired) electrons. The summed E-state index contributed by atoms with van der Waals surface area (Å²) in [6, 6.07) is 12.2. The number of nitrogens with one attached hydrogen (secondary N) is 1. The molecule has 0 heterocycles. The van der Waals surface area contributed by atoms with E-state index in [9.17, 15) is 4.39 Å². The Morgan fingerprint density at radius 1 is 1.17 bits per heavy atom. The Labute approximate surface area is 111 Å². The van der Waals surface area contributed by atoms with Gasteiger partial charge in [0, 0.05) is 16.9 Å². The minimum atomic E-state index is -0.354. The van der Waals surface area contributed by atoms with Crippen LogP contribution in [0.15, 0.2) is 42.5 Å². The molecular formula is C14H13FN2S. The highest BCUT2D eigenvalue weighted by atomic mass is 32.1. The van der Waals surface area contributed by atoms with Crippen LogP contribution in [0.25, 0.3) is 0 Å². The van der Waals surface area contributed by atoms with Crippen LogP contribution in [0.2, 0.25) is 0 Å². The minimum absolute atomic E-state index is 0.170. The summed E-state index contributed by atoms with van der Waals surface area (Å²) in [5, 5.41) is 3.17. The first kappa shape index (κ1) is 12.5. The van der Waals surface area contributed by atoms with Gasteiger partial charge in [0.25, 0.3) is 0 Å². The van der Waals surface area contributed by atoms with Gasteiger partial charge in [0.15, 0.2) is 0 Å². The number of anilines is 2. The van der Waals surface area contributed by atoms with Gasteiger partial charge in [-0.3, -0.25) is 0 Å². The topological polar surface area (TPSA) is 38.0 Å². The molecule has 0 amide bonds. The van der Waals surface area contributed by atoms with Gasteiger partial charge in [0.1, 0.15) is 10.8 Å². The Hall–Kier alpha value is -1.94. The molecule has 0 aliphatic carbocycles. The Morgan fingerprint density at radius 2 is 1.83 bits per heavy atom. The summed E-state index contributed by atoms with van der Waals surface area (Å²) in [5.41, 5.74) is 8.88. The second-order valence-corrected chi connectivity index (χ2v) is 4.49. The lowest BCUT2D eigenvalue weighted by atomic mass is 10.1. The molecule has 0 fully saturated rings. The summed E-state index contributed by atoms with van der Waals surface area (Å²) in [4.78, 5) is 0.170. The lowest BCUT2D eigenvalue weighted by molar-refractivity contribution is 0.628. The fourth-order valence-electron chi connectivity index (χ4n) is 1.62. The van der Waals surface area contributed by atoms with Crippen molar-refractivity contribution in [2.45, 2.75) is 6.92 Å². The number of benzene rings is 2. The number of halogens is 1. The van der Waals surface area contributed by atoms with E-state index in [-0.39, 0.29) is 10.8 Å². The van der Waals surface area contributed by atoms with Gasteiger partial charge >= 0.3 is 0 Å². The zero-order valence-corrected chi connectivity index (χ0v) is 10.7. The first-order valence-electron chi connectivity index (χ1n) is 5.49. The molecule has 0 aromatic heterocycles. The van der Waals surface area contributed by atoms with Gasteiger partial charge in [0.2, 0.25) is 0 Å². The third-order valence-electron chi connectivity index (χ3n) is 2.58. The first-order valence-corrected chi connectivity index (χ1v) is 5.90. The van der Waals surface area contributed by atoms with Crippen LogP contribution in [-0.2, 0) is 0 Å². The van der Waals surface area contributed by atoms with Crippen molar-refractivity contribution in [3.8, 4) is 0 Å². The van der Waals surface area contributed by atoms with Gasteiger partial charge in [-0.25, -0.2) is 4.39 Å². The van der Waals surface area contributed by atoms with Crippen LogP contribution in [0.5, 0.6) is 0 Å². The van der Waals surface area contributed by atoms with Crippen molar-refractivity contribution in [2.75, 3.05) is 5.32 Å². The molecule has 2 nitrogen and oxygen atoms in total. The number of hydrogen-bond acceptors (Lipinski definition) is 2. The van der Waals surface area contributed by atoms with Gasteiger partial charge in [-0.05, 0) is 37.3 Å². The molecule has 18 heavy (non-hydrogen) atoms. The molecule has 92 valence electrons. The maximum absolute atomic E-state index is 13.2. The van der Waals surface area contributed by atoms with Crippen molar-refractivity contribution in [3.05, 3.63) is 59.4 Å². The van der Waals surface area contributed by atoms with E-state index in [4.69, 9.17) is 18.0 Å². The summed E-state index contributed by atoms with van der Waals surface area (Å²) in [6.07, 6.45) is 0. The van der Waals surface area contributed by atoms with Crippen LogP contribution >= 0.6 is 12.2 Å². The first-order chi connectivity index (χ1) is 8.56. The van der Waals surface area contributed by atoms with E-state index < -0.39 is 0 Å². The predicted octanol–water partition coefficient (Wildman–Crippen LogP) is 3.51. The van der Waals surface area contributed by atoms with Crippen molar-refractivity contribution in [1.82, 2.24) is 0 Å². The van der Waals surface area contributed by atoms with E-state index >= 15 is 0 Å². The third-order valence-corrected chi connectivity index (χ3v) is 2.80. The Bertz CT molecular complexity index is 579. The van der Waals surface area contributed by atoms with Crippen LogP contribution in [0.1, 0.15) is 11.1 Å². The van der Waals surface area contributed by atoms with Crippen molar-refractivity contribution in [1.29, 1.82) is 0 Å². The zero-order chi connectivity index (χ0) is 13.1. The smallest absolute Gasteiger partial charge is 0.124 e. The number of rotatable bonds is 3. The zero-order valence-electron chi connectivity index (χ0n) is 9.91. The van der Waals surface area contributed by atoms with Crippen molar-refractivity contribution in [2.24, 2.45) is 5.73 Å². The Morgan fingerprint density at radius 3 is 2.44 bits per heavy atom. The van der Waals surface area contributed by atoms with E-state index in [1.54, 1.807) is 6.07 Å². The second-order valence-electron chi connectivity index (χ2n) is 4.05. The second kappa shape index (κ2) is 5.14. The molecule has 2 rings (SSSR count). The molecule has 2 aromatic rings. The van der Waals surface area contributed by atoms with E-state index in [1.165, 1.54) is 17.7 Å². The number of thiocarbonyl (C=S) groups is 1. The lowest BCUT2D eigenvalue weighted by Crippen LogP contribution is -2.12. The molecule has 2 aromatic carbocycles. The van der Waals surface area contributed by atoms with Crippen LogP contribution in [-0.4, -0.2) is 4.99 Å². The highest BCUT2D eigenvalue weighted by molar-refractivity contribution is 7.80. The fourth-order valence-corrected chi connectivity index (χ4v) is 1.79. The number of hydrogen-bond donors (Lipinski definition) is 2. The maximum Gasteiger partial charge on any atom is 0.124 e. The van der Waals surface area contributed by atoms with Gasteiger partial charge in [0.05, 0.1) is 0 Å². The third kappa shape index (κ3) is 2.84. The van der Waals surface area contributed by atoms with Crippen molar-refractivity contribution < 1.29 is 4.39 Å². The summed E-state index contributed by atoms with van der Waals surface area (Å²) in [6.45, 7) is 2.02. The largest absolute Gasteiger partial charge is 0.389 e. The van der Waals surface area contributed by atoms with Crippen LogP contribution in [0.4, 0.5) is 15.8 Å². The molecule has 0 aliphatic heterocycles. The average molecular weight is 260 g/mol. The van der Waals surface area contributed by atoms with Crippen LogP contribution in [0.3, 0.4) is 0 Å². The summed E-state index contributed by atoms with van der Waals surface area (Å²) in [5.74, 6) is -0.354. The lowest BCUT2D eigenvalue weighted by Gasteiger charge is -2.11. The van der Waals surface area contributed by atoms with E-state index in [2.05, 4.69) is 5.32 Å². The fraction of sp³-hybridized carbons (Fsp3) is 0.0714. The van der Waals surface area contributed by atoms with Gasteiger partial charge in [-0.1, -0.05) is 29.9 Å². The Kier molecular flexibility index (Phi) is 3.58.